The Morgan fingerprint density at radius 3 is 2.79 bits per heavy atom. The molecule has 0 spiro atoms. The lowest BCUT2D eigenvalue weighted by molar-refractivity contribution is -0.127. The van der Waals surface area contributed by atoms with Crippen molar-refractivity contribution < 1.29 is 9.18 Å². The van der Waals surface area contributed by atoms with Crippen LogP contribution in [-0.2, 0) is 4.79 Å². The molecule has 1 fully saturated rings. The predicted molar refractivity (Wildman–Crippen MR) is 73.5 cm³/mol. The zero-order chi connectivity index (χ0) is 14.0. The lowest BCUT2D eigenvalue weighted by Crippen LogP contribution is -2.35. The number of rotatable bonds is 2. The van der Waals surface area contributed by atoms with Gasteiger partial charge in [-0.15, -0.1) is 0 Å². The molecule has 1 heterocycles. The van der Waals surface area contributed by atoms with Crippen LogP contribution in [0.15, 0.2) is 18.2 Å². The molecule has 1 aliphatic heterocycles. The molecular formula is C14H20FN3O. The number of para-hydroxylation sites is 1. The van der Waals surface area contributed by atoms with E-state index in [0.717, 1.165) is 12.0 Å². The molecule has 0 aliphatic carbocycles. The van der Waals surface area contributed by atoms with Gasteiger partial charge >= 0.3 is 0 Å². The minimum absolute atomic E-state index is 0.0105. The summed E-state index contributed by atoms with van der Waals surface area (Å²) in [5, 5.41) is 0. The highest BCUT2D eigenvalue weighted by Gasteiger charge is 2.24. The molecule has 1 atom stereocenters. The molecule has 1 amide bonds. The Morgan fingerprint density at radius 2 is 2.11 bits per heavy atom. The van der Waals surface area contributed by atoms with Crippen LogP contribution in [0, 0.1) is 5.82 Å². The summed E-state index contributed by atoms with van der Waals surface area (Å²) in [5.41, 5.74) is 7.12. The third-order valence-electron chi connectivity index (χ3n) is 3.50. The van der Waals surface area contributed by atoms with Gasteiger partial charge in [-0.05, 0) is 25.0 Å². The van der Waals surface area contributed by atoms with Crippen LogP contribution in [-0.4, -0.2) is 37.5 Å². The van der Waals surface area contributed by atoms with E-state index in [2.05, 4.69) is 0 Å². The third-order valence-corrected chi connectivity index (χ3v) is 3.50. The zero-order valence-corrected chi connectivity index (χ0v) is 11.4. The second-order valence-electron chi connectivity index (χ2n) is 5.06. The van der Waals surface area contributed by atoms with Crippen LogP contribution in [0.2, 0.25) is 0 Å². The molecule has 4 nitrogen and oxygen atoms in total. The highest BCUT2D eigenvalue weighted by atomic mass is 19.1. The standard InChI is InChI=1S/C14H20FN3O/c1-10(16)11-5-3-6-12(15)14(11)18-8-4-7-17(2)13(19)9-18/h3,5-6,10H,4,7-9,16H2,1-2H3/t10-/m1/s1. The summed E-state index contributed by atoms with van der Waals surface area (Å²) in [6.07, 6.45) is 0.828. The van der Waals surface area contributed by atoms with Crippen molar-refractivity contribution >= 4 is 11.6 Å². The van der Waals surface area contributed by atoms with E-state index in [1.54, 1.807) is 22.9 Å². The first-order valence-electron chi connectivity index (χ1n) is 6.53. The fraction of sp³-hybridized carbons (Fsp3) is 0.500. The number of nitrogens with zero attached hydrogens (tertiary/aromatic N) is 2. The molecule has 1 aromatic rings. The molecule has 1 aliphatic rings. The van der Waals surface area contributed by atoms with Crippen LogP contribution in [0.5, 0.6) is 0 Å². The highest BCUT2D eigenvalue weighted by molar-refractivity contribution is 5.82. The van der Waals surface area contributed by atoms with Crippen LogP contribution in [0.3, 0.4) is 0 Å². The van der Waals surface area contributed by atoms with Gasteiger partial charge in [0, 0.05) is 26.2 Å². The summed E-state index contributed by atoms with van der Waals surface area (Å²) in [7, 11) is 1.78. The number of halogens is 1. The normalized spacial score (nSPS) is 18.4. The molecule has 0 unspecified atom stereocenters. The van der Waals surface area contributed by atoms with Gasteiger partial charge in [-0.2, -0.15) is 0 Å². The molecular weight excluding hydrogens is 245 g/mol. The lowest BCUT2D eigenvalue weighted by atomic mass is 10.1. The Kier molecular flexibility index (Phi) is 4.04. The number of nitrogens with two attached hydrogens (primary N) is 1. The van der Waals surface area contributed by atoms with E-state index >= 15 is 0 Å². The number of hydrogen-bond donors (Lipinski definition) is 1. The molecule has 2 N–H and O–H groups in total. The molecule has 0 saturated carbocycles. The summed E-state index contributed by atoms with van der Waals surface area (Å²) in [6.45, 7) is 3.40. The van der Waals surface area contributed by atoms with E-state index in [4.69, 9.17) is 5.73 Å². The van der Waals surface area contributed by atoms with Crippen LogP contribution in [0.1, 0.15) is 24.9 Å². The molecule has 0 bridgehead atoms. The third kappa shape index (κ3) is 2.87. The summed E-state index contributed by atoms with van der Waals surface area (Å²) in [6, 6.07) is 4.63. The molecule has 104 valence electrons. The van der Waals surface area contributed by atoms with Crippen molar-refractivity contribution in [3.63, 3.8) is 0 Å². The summed E-state index contributed by atoms with van der Waals surface area (Å²) < 4.78 is 14.1. The first-order chi connectivity index (χ1) is 9.00. The topological polar surface area (TPSA) is 49.6 Å². The number of benzene rings is 1. The lowest BCUT2D eigenvalue weighted by Gasteiger charge is -2.26. The summed E-state index contributed by atoms with van der Waals surface area (Å²) >= 11 is 0. The number of hydrogen-bond acceptors (Lipinski definition) is 3. The SMILES string of the molecule is C[C@@H](N)c1cccc(F)c1N1CCCN(C)C(=O)C1. The van der Waals surface area contributed by atoms with Gasteiger partial charge < -0.3 is 15.5 Å². The summed E-state index contributed by atoms with van der Waals surface area (Å²) in [5.74, 6) is -0.302. The van der Waals surface area contributed by atoms with E-state index in [1.807, 2.05) is 13.0 Å². The van der Waals surface area contributed by atoms with Gasteiger partial charge in [0.2, 0.25) is 5.91 Å². The number of amides is 1. The van der Waals surface area contributed by atoms with Gasteiger partial charge in [0.15, 0.2) is 0 Å². The molecule has 1 saturated heterocycles. The van der Waals surface area contributed by atoms with Gasteiger partial charge in [0.1, 0.15) is 5.82 Å². The Morgan fingerprint density at radius 1 is 1.37 bits per heavy atom. The van der Waals surface area contributed by atoms with E-state index in [-0.39, 0.29) is 24.3 Å². The van der Waals surface area contributed by atoms with Crippen molar-refractivity contribution in [1.82, 2.24) is 4.90 Å². The first kappa shape index (κ1) is 13.8. The predicted octanol–water partition coefficient (Wildman–Crippen LogP) is 1.51. The summed E-state index contributed by atoms with van der Waals surface area (Å²) in [4.78, 5) is 15.4. The fourth-order valence-corrected chi connectivity index (χ4v) is 2.41. The quantitative estimate of drug-likeness (QED) is 0.882. The van der Waals surface area contributed by atoms with Gasteiger partial charge in [0.25, 0.3) is 0 Å². The average molecular weight is 265 g/mol. The van der Waals surface area contributed by atoms with Crippen molar-refractivity contribution in [2.45, 2.75) is 19.4 Å². The minimum Gasteiger partial charge on any atom is -0.360 e. The Hall–Kier alpha value is -1.62. The van der Waals surface area contributed by atoms with Gasteiger partial charge in [0.05, 0.1) is 12.2 Å². The smallest absolute Gasteiger partial charge is 0.241 e. The van der Waals surface area contributed by atoms with E-state index < -0.39 is 0 Å². The molecule has 0 radical (unpaired) electrons. The Labute approximate surface area is 113 Å². The zero-order valence-electron chi connectivity index (χ0n) is 11.4. The number of carbonyl (C=O) groups excluding carboxylic acids is 1. The second-order valence-corrected chi connectivity index (χ2v) is 5.06. The molecule has 1 aromatic carbocycles. The number of anilines is 1. The number of carbonyl (C=O) groups is 1. The van der Waals surface area contributed by atoms with Crippen molar-refractivity contribution in [3.8, 4) is 0 Å². The maximum Gasteiger partial charge on any atom is 0.241 e. The fourth-order valence-electron chi connectivity index (χ4n) is 2.41. The van der Waals surface area contributed by atoms with Crippen molar-refractivity contribution in [2.24, 2.45) is 5.73 Å². The van der Waals surface area contributed by atoms with Gasteiger partial charge in [-0.25, -0.2) is 4.39 Å². The van der Waals surface area contributed by atoms with Crippen molar-refractivity contribution in [1.29, 1.82) is 0 Å². The van der Waals surface area contributed by atoms with E-state index in [0.29, 0.717) is 18.8 Å². The minimum atomic E-state index is -0.313. The largest absolute Gasteiger partial charge is 0.360 e. The van der Waals surface area contributed by atoms with Gasteiger partial charge in [-0.3, -0.25) is 4.79 Å². The van der Waals surface area contributed by atoms with Crippen LogP contribution in [0.4, 0.5) is 10.1 Å². The van der Waals surface area contributed by atoms with Crippen LogP contribution >= 0.6 is 0 Å². The highest BCUT2D eigenvalue weighted by Crippen LogP contribution is 2.29. The Bertz CT molecular complexity index is 476. The Balaban J connectivity index is 2.37. The second kappa shape index (κ2) is 5.57. The number of likely N-dealkylation sites (N-methyl/N-ethyl adjacent to an activating group) is 1. The monoisotopic (exact) mass is 265 g/mol. The van der Waals surface area contributed by atoms with Gasteiger partial charge in [-0.1, -0.05) is 12.1 Å². The van der Waals surface area contributed by atoms with Crippen LogP contribution in [0.25, 0.3) is 0 Å². The molecule has 0 aromatic heterocycles. The van der Waals surface area contributed by atoms with Crippen molar-refractivity contribution in [2.75, 3.05) is 31.6 Å². The maximum absolute atomic E-state index is 14.1. The molecule has 5 heteroatoms. The van der Waals surface area contributed by atoms with E-state index in [1.165, 1.54) is 6.07 Å². The average Bonchev–Trinajstić information content (AvgIpc) is 2.51. The molecule has 2 rings (SSSR count). The van der Waals surface area contributed by atoms with Crippen molar-refractivity contribution in [3.05, 3.63) is 29.6 Å². The maximum atomic E-state index is 14.1. The van der Waals surface area contributed by atoms with Crippen LogP contribution < -0.4 is 10.6 Å². The van der Waals surface area contributed by atoms with E-state index in [9.17, 15) is 9.18 Å². The first-order valence-corrected chi connectivity index (χ1v) is 6.53. The molecule has 19 heavy (non-hydrogen) atoms.